The number of hydrogen-bond acceptors (Lipinski definition) is 2. The van der Waals surface area contributed by atoms with Gasteiger partial charge in [0.1, 0.15) is 0 Å². The maximum Gasteiger partial charge on any atom is 0.335 e. The van der Waals surface area contributed by atoms with Crippen molar-refractivity contribution in [3.05, 3.63) is 34.9 Å². The van der Waals surface area contributed by atoms with Gasteiger partial charge in [0.15, 0.2) is 0 Å². The van der Waals surface area contributed by atoms with E-state index in [1.165, 1.54) is 6.07 Å². The van der Waals surface area contributed by atoms with Crippen LogP contribution in [0.4, 0.5) is 0 Å². The summed E-state index contributed by atoms with van der Waals surface area (Å²) in [4.78, 5) is 22.1. The SMILES string of the molecule is O=C(O)c1cccc2c1C(C(=O)O)CCC2. The molecule has 0 bridgehead atoms. The Bertz CT molecular complexity index is 450. The lowest BCUT2D eigenvalue weighted by Crippen LogP contribution is -2.21. The van der Waals surface area contributed by atoms with Gasteiger partial charge in [-0.15, -0.1) is 0 Å². The summed E-state index contributed by atoms with van der Waals surface area (Å²) < 4.78 is 0. The first-order chi connectivity index (χ1) is 7.61. The maximum atomic E-state index is 11.1. The Morgan fingerprint density at radius 1 is 1.25 bits per heavy atom. The Labute approximate surface area is 92.5 Å². The van der Waals surface area contributed by atoms with E-state index in [1.807, 2.05) is 6.07 Å². The molecule has 1 aromatic carbocycles. The van der Waals surface area contributed by atoms with Crippen LogP contribution in [0, 0.1) is 0 Å². The minimum absolute atomic E-state index is 0.129. The number of carbonyl (C=O) groups is 2. The zero-order valence-electron chi connectivity index (χ0n) is 8.64. The van der Waals surface area contributed by atoms with Crippen molar-refractivity contribution in [3.63, 3.8) is 0 Å². The fraction of sp³-hybridized carbons (Fsp3) is 0.333. The van der Waals surface area contributed by atoms with Crippen LogP contribution in [-0.2, 0) is 11.2 Å². The van der Waals surface area contributed by atoms with Gasteiger partial charge in [0.25, 0.3) is 0 Å². The highest BCUT2D eigenvalue weighted by Crippen LogP contribution is 2.34. The largest absolute Gasteiger partial charge is 0.481 e. The molecule has 1 atom stereocenters. The number of benzene rings is 1. The average Bonchev–Trinajstić information content (AvgIpc) is 2.27. The van der Waals surface area contributed by atoms with Crippen molar-refractivity contribution >= 4 is 11.9 Å². The summed E-state index contributed by atoms with van der Waals surface area (Å²) in [5.74, 6) is -2.66. The molecule has 2 N–H and O–H groups in total. The predicted octanol–water partition coefficient (Wildman–Crippen LogP) is 1.89. The molecule has 0 saturated heterocycles. The van der Waals surface area contributed by atoms with E-state index in [0.717, 1.165) is 18.4 Å². The van der Waals surface area contributed by atoms with Crippen LogP contribution < -0.4 is 0 Å². The maximum absolute atomic E-state index is 11.1. The summed E-state index contributed by atoms with van der Waals surface area (Å²) in [5, 5.41) is 18.1. The van der Waals surface area contributed by atoms with Gasteiger partial charge >= 0.3 is 11.9 Å². The number of hydrogen-bond donors (Lipinski definition) is 2. The van der Waals surface area contributed by atoms with Crippen LogP contribution in [0.25, 0.3) is 0 Å². The topological polar surface area (TPSA) is 74.6 Å². The fourth-order valence-corrected chi connectivity index (χ4v) is 2.32. The molecule has 0 amide bonds. The number of aliphatic carboxylic acids is 1. The van der Waals surface area contributed by atoms with Crippen molar-refractivity contribution in [2.24, 2.45) is 0 Å². The molecule has 4 nitrogen and oxygen atoms in total. The third-order valence-electron chi connectivity index (χ3n) is 3.01. The molecule has 0 aliphatic heterocycles. The number of aryl methyl sites for hydroxylation is 1. The summed E-state index contributed by atoms with van der Waals surface area (Å²) >= 11 is 0. The van der Waals surface area contributed by atoms with Gasteiger partial charge < -0.3 is 10.2 Å². The molecule has 84 valence electrons. The van der Waals surface area contributed by atoms with Gasteiger partial charge in [-0.25, -0.2) is 4.79 Å². The summed E-state index contributed by atoms with van der Waals surface area (Å²) in [6.07, 6.45) is 2.08. The first-order valence-corrected chi connectivity index (χ1v) is 5.19. The van der Waals surface area contributed by atoms with E-state index in [4.69, 9.17) is 10.2 Å². The molecule has 0 aromatic heterocycles. The third-order valence-corrected chi connectivity index (χ3v) is 3.01. The molecule has 2 rings (SSSR count). The molecule has 0 radical (unpaired) electrons. The molecular formula is C12H12O4. The smallest absolute Gasteiger partial charge is 0.335 e. The highest BCUT2D eigenvalue weighted by molar-refractivity contribution is 5.92. The zero-order chi connectivity index (χ0) is 11.7. The van der Waals surface area contributed by atoms with Crippen LogP contribution in [0.3, 0.4) is 0 Å². The van der Waals surface area contributed by atoms with Crippen molar-refractivity contribution in [3.8, 4) is 0 Å². The molecule has 1 aliphatic rings. The third kappa shape index (κ3) is 1.66. The van der Waals surface area contributed by atoms with Gasteiger partial charge in [-0.2, -0.15) is 0 Å². The Morgan fingerprint density at radius 3 is 2.62 bits per heavy atom. The van der Waals surface area contributed by atoms with Crippen molar-refractivity contribution in [1.29, 1.82) is 0 Å². The highest BCUT2D eigenvalue weighted by atomic mass is 16.4. The molecule has 0 saturated carbocycles. The molecule has 0 spiro atoms. The second-order valence-corrected chi connectivity index (χ2v) is 3.97. The molecule has 1 aliphatic carbocycles. The molecule has 1 unspecified atom stereocenters. The summed E-state index contributed by atoms with van der Waals surface area (Å²) in [5.41, 5.74) is 1.48. The normalized spacial score (nSPS) is 18.9. The minimum atomic E-state index is -1.05. The second kappa shape index (κ2) is 3.96. The number of fused-ring (bicyclic) bond motifs is 1. The first kappa shape index (κ1) is 10.7. The van der Waals surface area contributed by atoms with Gasteiger partial charge in [-0.1, -0.05) is 12.1 Å². The van der Waals surface area contributed by atoms with Gasteiger partial charge in [0, 0.05) is 0 Å². The molecule has 1 aromatic rings. The Kier molecular flexibility index (Phi) is 2.64. The van der Waals surface area contributed by atoms with Gasteiger partial charge in [-0.05, 0) is 36.5 Å². The van der Waals surface area contributed by atoms with Crippen molar-refractivity contribution in [2.75, 3.05) is 0 Å². The average molecular weight is 220 g/mol. The van der Waals surface area contributed by atoms with Crippen molar-refractivity contribution in [1.82, 2.24) is 0 Å². The lowest BCUT2D eigenvalue weighted by molar-refractivity contribution is -0.139. The first-order valence-electron chi connectivity index (χ1n) is 5.19. The van der Waals surface area contributed by atoms with Crippen LogP contribution >= 0.6 is 0 Å². The van der Waals surface area contributed by atoms with E-state index in [2.05, 4.69) is 0 Å². The standard InChI is InChI=1S/C12H12O4/c13-11(14)8-5-1-3-7-4-2-6-9(10(7)8)12(15)16/h1,3,5,9H,2,4,6H2,(H,13,14)(H,15,16). The highest BCUT2D eigenvalue weighted by Gasteiger charge is 2.30. The zero-order valence-corrected chi connectivity index (χ0v) is 8.64. The quantitative estimate of drug-likeness (QED) is 0.798. The van der Waals surface area contributed by atoms with Gasteiger partial charge in [-0.3, -0.25) is 4.79 Å². The van der Waals surface area contributed by atoms with E-state index in [1.54, 1.807) is 6.07 Å². The van der Waals surface area contributed by atoms with Crippen LogP contribution in [0.1, 0.15) is 40.2 Å². The minimum Gasteiger partial charge on any atom is -0.481 e. The summed E-state index contributed by atoms with van der Waals surface area (Å²) in [7, 11) is 0. The molecule has 0 heterocycles. The Morgan fingerprint density at radius 2 is 2.00 bits per heavy atom. The summed E-state index contributed by atoms with van der Waals surface area (Å²) in [6.45, 7) is 0. The lowest BCUT2D eigenvalue weighted by atomic mass is 9.80. The molecule has 16 heavy (non-hydrogen) atoms. The van der Waals surface area contributed by atoms with E-state index >= 15 is 0 Å². The molecule has 0 fully saturated rings. The number of carboxylic acids is 2. The number of rotatable bonds is 2. The molecule has 4 heteroatoms. The van der Waals surface area contributed by atoms with E-state index in [0.29, 0.717) is 12.0 Å². The van der Waals surface area contributed by atoms with Crippen LogP contribution in [0.5, 0.6) is 0 Å². The van der Waals surface area contributed by atoms with E-state index in [-0.39, 0.29) is 5.56 Å². The number of carboxylic acid groups (broad SMARTS) is 2. The Balaban J connectivity index is 2.59. The van der Waals surface area contributed by atoms with Gasteiger partial charge in [0.2, 0.25) is 0 Å². The van der Waals surface area contributed by atoms with Crippen LogP contribution in [-0.4, -0.2) is 22.2 Å². The van der Waals surface area contributed by atoms with Crippen molar-refractivity contribution < 1.29 is 19.8 Å². The van der Waals surface area contributed by atoms with E-state index in [9.17, 15) is 9.59 Å². The Hall–Kier alpha value is -1.84. The van der Waals surface area contributed by atoms with Gasteiger partial charge in [0.05, 0.1) is 11.5 Å². The van der Waals surface area contributed by atoms with Crippen molar-refractivity contribution in [2.45, 2.75) is 25.2 Å². The van der Waals surface area contributed by atoms with E-state index < -0.39 is 17.9 Å². The number of aromatic carboxylic acids is 1. The predicted molar refractivity (Wildman–Crippen MR) is 56.7 cm³/mol. The fourth-order valence-electron chi connectivity index (χ4n) is 2.32. The summed E-state index contributed by atoms with van der Waals surface area (Å²) in [6, 6.07) is 4.96. The second-order valence-electron chi connectivity index (χ2n) is 3.97. The van der Waals surface area contributed by atoms with Crippen LogP contribution in [0.15, 0.2) is 18.2 Å². The van der Waals surface area contributed by atoms with Crippen LogP contribution in [0.2, 0.25) is 0 Å². The monoisotopic (exact) mass is 220 g/mol. The molecular weight excluding hydrogens is 208 g/mol. The lowest BCUT2D eigenvalue weighted by Gasteiger charge is -2.23.